The molecule has 0 saturated carbocycles. The summed E-state index contributed by atoms with van der Waals surface area (Å²) in [6, 6.07) is 2.77. The van der Waals surface area contributed by atoms with Crippen molar-refractivity contribution in [3.05, 3.63) is 51.5 Å². The molecule has 0 aliphatic heterocycles. The van der Waals surface area contributed by atoms with Crippen LogP contribution in [0.5, 0.6) is 0 Å². The van der Waals surface area contributed by atoms with Gasteiger partial charge in [-0.25, -0.2) is 13.8 Å². The molecular formula is C12H10F2N2OS. The highest BCUT2D eigenvalue weighted by atomic mass is 32.1. The first-order valence-corrected chi connectivity index (χ1v) is 6.08. The molecule has 0 unspecified atom stereocenters. The number of thiazole rings is 1. The number of hydrogen-bond donors (Lipinski definition) is 1. The van der Waals surface area contributed by atoms with Gasteiger partial charge < -0.3 is 5.32 Å². The SMILES string of the molecule is Cc1csc(CNC(=O)c2cc(F)ccc2F)n1. The predicted octanol–water partition coefficient (Wildman–Crippen LogP) is 2.66. The van der Waals surface area contributed by atoms with Crippen LogP contribution in [0.2, 0.25) is 0 Å². The van der Waals surface area contributed by atoms with Gasteiger partial charge in [-0.1, -0.05) is 0 Å². The Morgan fingerprint density at radius 3 is 2.89 bits per heavy atom. The van der Waals surface area contributed by atoms with Crippen molar-refractivity contribution < 1.29 is 13.6 Å². The zero-order valence-electron chi connectivity index (χ0n) is 9.54. The molecular weight excluding hydrogens is 258 g/mol. The number of amides is 1. The molecule has 3 nitrogen and oxygen atoms in total. The van der Waals surface area contributed by atoms with Crippen LogP contribution in [0.3, 0.4) is 0 Å². The third-order valence-electron chi connectivity index (χ3n) is 2.24. The first-order valence-electron chi connectivity index (χ1n) is 5.20. The molecule has 0 bridgehead atoms. The molecule has 94 valence electrons. The fourth-order valence-electron chi connectivity index (χ4n) is 1.41. The van der Waals surface area contributed by atoms with Gasteiger partial charge in [0.05, 0.1) is 12.1 Å². The summed E-state index contributed by atoms with van der Waals surface area (Å²) in [7, 11) is 0. The Labute approximate surface area is 106 Å². The van der Waals surface area contributed by atoms with E-state index in [2.05, 4.69) is 10.3 Å². The van der Waals surface area contributed by atoms with Crippen molar-refractivity contribution >= 4 is 17.2 Å². The fraction of sp³-hybridized carbons (Fsp3) is 0.167. The van der Waals surface area contributed by atoms with Gasteiger partial charge >= 0.3 is 0 Å². The van der Waals surface area contributed by atoms with Crippen molar-refractivity contribution in [3.8, 4) is 0 Å². The van der Waals surface area contributed by atoms with E-state index in [0.717, 1.165) is 28.9 Å². The van der Waals surface area contributed by atoms with Crippen LogP contribution in [0.15, 0.2) is 23.6 Å². The van der Waals surface area contributed by atoms with Gasteiger partial charge in [0, 0.05) is 11.1 Å². The lowest BCUT2D eigenvalue weighted by molar-refractivity contribution is 0.0946. The molecule has 1 aromatic carbocycles. The molecule has 0 saturated heterocycles. The number of carbonyl (C=O) groups is 1. The molecule has 1 N–H and O–H groups in total. The number of rotatable bonds is 3. The summed E-state index contributed by atoms with van der Waals surface area (Å²) in [6.45, 7) is 2.04. The Bertz CT molecular complexity index is 583. The van der Waals surface area contributed by atoms with Crippen LogP contribution in [0, 0.1) is 18.6 Å². The molecule has 18 heavy (non-hydrogen) atoms. The lowest BCUT2D eigenvalue weighted by atomic mass is 10.2. The first kappa shape index (κ1) is 12.6. The van der Waals surface area contributed by atoms with Crippen molar-refractivity contribution in [2.45, 2.75) is 13.5 Å². The minimum Gasteiger partial charge on any atom is -0.345 e. The second-order valence-electron chi connectivity index (χ2n) is 3.69. The Balaban J connectivity index is 2.05. The fourth-order valence-corrected chi connectivity index (χ4v) is 2.12. The van der Waals surface area contributed by atoms with Crippen LogP contribution in [0.25, 0.3) is 0 Å². The summed E-state index contributed by atoms with van der Waals surface area (Å²) in [4.78, 5) is 15.8. The normalized spacial score (nSPS) is 10.4. The number of nitrogens with zero attached hydrogens (tertiary/aromatic N) is 1. The molecule has 1 heterocycles. The van der Waals surface area contributed by atoms with Crippen LogP contribution < -0.4 is 5.32 Å². The van der Waals surface area contributed by atoms with Crippen LogP contribution in [-0.2, 0) is 6.54 Å². The molecule has 1 aromatic heterocycles. The summed E-state index contributed by atoms with van der Waals surface area (Å²) in [5.74, 6) is -2.05. The van der Waals surface area contributed by atoms with Crippen molar-refractivity contribution in [3.63, 3.8) is 0 Å². The quantitative estimate of drug-likeness (QED) is 0.929. The van der Waals surface area contributed by atoms with Gasteiger partial charge in [-0.2, -0.15) is 0 Å². The third-order valence-corrected chi connectivity index (χ3v) is 3.21. The third kappa shape index (κ3) is 2.89. The van der Waals surface area contributed by atoms with Crippen LogP contribution >= 0.6 is 11.3 Å². The zero-order chi connectivity index (χ0) is 13.1. The molecule has 2 aromatic rings. The molecule has 1 amide bonds. The van der Waals surface area contributed by atoms with Crippen LogP contribution in [0.1, 0.15) is 21.1 Å². The van der Waals surface area contributed by atoms with Gasteiger partial charge in [0.1, 0.15) is 16.6 Å². The maximum atomic E-state index is 13.3. The van der Waals surface area contributed by atoms with Gasteiger partial charge in [0.25, 0.3) is 5.91 Å². The number of halogens is 2. The Kier molecular flexibility index (Phi) is 3.66. The average Bonchev–Trinajstić information content (AvgIpc) is 2.75. The number of aromatic nitrogens is 1. The number of hydrogen-bond acceptors (Lipinski definition) is 3. The van der Waals surface area contributed by atoms with E-state index in [0.29, 0.717) is 0 Å². The number of aryl methyl sites for hydroxylation is 1. The number of nitrogens with one attached hydrogen (secondary N) is 1. The minimum atomic E-state index is -0.746. The van der Waals surface area contributed by atoms with E-state index in [9.17, 15) is 13.6 Å². The summed E-state index contributed by atoms with van der Waals surface area (Å²) in [5, 5.41) is 5.07. The molecule has 0 spiro atoms. The first-order chi connectivity index (χ1) is 8.56. The van der Waals surface area contributed by atoms with E-state index in [1.807, 2.05) is 12.3 Å². The number of carbonyl (C=O) groups excluding carboxylic acids is 1. The maximum Gasteiger partial charge on any atom is 0.254 e. The highest BCUT2D eigenvalue weighted by molar-refractivity contribution is 7.09. The van der Waals surface area contributed by atoms with Gasteiger partial charge in [-0.05, 0) is 25.1 Å². The van der Waals surface area contributed by atoms with Crippen molar-refractivity contribution in [2.24, 2.45) is 0 Å². The largest absolute Gasteiger partial charge is 0.345 e. The molecule has 0 atom stereocenters. The molecule has 0 fully saturated rings. The topological polar surface area (TPSA) is 42.0 Å². The van der Waals surface area contributed by atoms with Crippen molar-refractivity contribution in [1.82, 2.24) is 10.3 Å². The van der Waals surface area contributed by atoms with Gasteiger partial charge in [-0.3, -0.25) is 4.79 Å². The lowest BCUT2D eigenvalue weighted by Crippen LogP contribution is -2.24. The van der Waals surface area contributed by atoms with E-state index >= 15 is 0 Å². The molecule has 0 aliphatic carbocycles. The minimum absolute atomic E-state index is 0.202. The summed E-state index contributed by atoms with van der Waals surface area (Å²) < 4.78 is 26.2. The van der Waals surface area contributed by atoms with E-state index in [-0.39, 0.29) is 12.1 Å². The Morgan fingerprint density at radius 1 is 1.44 bits per heavy atom. The van der Waals surface area contributed by atoms with Gasteiger partial charge in [-0.15, -0.1) is 11.3 Å². The van der Waals surface area contributed by atoms with Crippen LogP contribution in [-0.4, -0.2) is 10.9 Å². The molecule has 0 aliphatic rings. The van der Waals surface area contributed by atoms with Crippen molar-refractivity contribution in [1.29, 1.82) is 0 Å². The average molecular weight is 268 g/mol. The Hall–Kier alpha value is -1.82. The maximum absolute atomic E-state index is 13.3. The highest BCUT2D eigenvalue weighted by Gasteiger charge is 2.12. The van der Waals surface area contributed by atoms with Gasteiger partial charge in [0.15, 0.2) is 0 Å². The second-order valence-corrected chi connectivity index (χ2v) is 4.63. The highest BCUT2D eigenvalue weighted by Crippen LogP contribution is 2.11. The van der Waals surface area contributed by atoms with Crippen molar-refractivity contribution in [2.75, 3.05) is 0 Å². The van der Waals surface area contributed by atoms with E-state index in [1.165, 1.54) is 11.3 Å². The second kappa shape index (κ2) is 5.22. The summed E-state index contributed by atoms with van der Waals surface area (Å²) in [6.07, 6.45) is 0. The summed E-state index contributed by atoms with van der Waals surface area (Å²) in [5.41, 5.74) is 0.560. The molecule has 0 radical (unpaired) electrons. The standard InChI is InChI=1S/C12H10F2N2OS/c1-7-6-18-11(16-7)5-15-12(17)9-4-8(13)2-3-10(9)14/h2-4,6H,5H2,1H3,(H,15,17). The van der Waals surface area contributed by atoms with Gasteiger partial charge in [0.2, 0.25) is 0 Å². The van der Waals surface area contributed by atoms with E-state index < -0.39 is 17.5 Å². The number of benzene rings is 1. The predicted molar refractivity (Wildman–Crippen MR) is 64.4 cm³/mol. The van der Waals surface area contributed by atoms with E-state index in [4.69, 9.17) is 0 Å². The van der Waals surface area contributed by atoms with E-state index in [1.54, 1.807) is 0 Å². The summed E-state index contributed by atoms with van der Waals surface area (Å²) >= 11 is 1.40. The Morgan fingerprint density at radius 2 is 2.22 bits per heavy atom. The molecule has 2 rings (SSSR count). The molecule has 6 heteroatoms. The van der Waals surface area contributed by atoms with Crippen LogP contribution in [0.4, 0.5) is 8.78 Å². The zero-order valence-corrected chi connectivity index (χ0v) is 10.4. The monoisotopic (exact) mass is 268 g/mol. The lowest BCUT2D eigenvalue weighted by Gasteiger charge is -2.04. The smallest absolute Gasteiger partial charge is 0.254 e.